The Morgan fingerprint density at radius 3 is 2.20 bits per heavy atom. The van der Waals surface area contributed by atoms with Gasteiger partial charge in [-0.25, -0.2) is 4.79 Å². The lowest BCUT2D eigenvalue weighted by Gasteiger charge is -2.19. The smallest absolute Gasteiger partial charge is 0.314 e. The predicted molar refractivity (Wildman–Crippen MR) is 101 cm³/mol. The predicted octanol–water partition coefficient (Wildman–Crippen LogP) is 2.84. The van der Waals surface area contributed by atoms with Gasteiger partial charge in [-0.3, -0.25) is 4.79 Å². The summed E-state index contributed by atoms with van der Waals surface area (Å²) in [6.07, 6.45) is 3.36. The zero-order valence-electron chi connectivity index (χ0n) is 15.7. The van der Waals surface area contributed by atoms with Crippen molar-refractivity contribution >= 4 is 11.9 Å². The molecule has 0 aromatic heterocycles. The highest BCUT2D eigenvalue weighted by molar-refractivity contribution is 5.78. The summed E-state index contributed by atoms with van der Waals surface area (Å²) in [5, 5.41) is 5.60. The molecule has 0 atom stereocenters. The molecular formula is C20H31N3O2. The summed E-state index contributed by atoms with van der Waals surface area (Å²) in [5.74, 6) is 0.136. The van der Waals surface area contributed by atoms with E-state index in [1.807, 2.05) is 4.90 Å². The fourth-order valence-electron chi connectivity index (χ4n) is 2.96. The molecule has 0 saturated carbocycles. The first-order valence-corrected chi connectivity index (χ1v) is 9.25. The molecule has 1 saturated heterocycles. The summed E-state index contributed by atoms with van der Waals surface area (Å²) < 4.78 is 0. The molecule has 0 radical (unpaired) electrons. The van der Waals surface area contributed by atoms with Crippen molar-refractivity contribution in [3.05, 3.63) is 35.4 Å². The fraction of sp³-hybridized carbons (Fsp3) is 0.600. The number of nitrogens with zero attached hydrogens (tertiary/aromatic N) is 1. The molecule has 0 spiro atoms. The normalized spacial score (nSPS) is 14.4. The van der Waals surface area contributed by atoms with Crippen LogP contribution in [0.25, 0.3) is 0 Å². The van der Waals surface area contributed by atoms with E-state index in [0.29, 0.717) is 19.5 Å². The van der Waals surface area contributed by atoms with Crippen LogP contribution in [-0.2, 0) is 16.6 Å². The Bertz CT molecular complexity index is 570. The summed E-state index contributed by atoms with van der Waals surface area (Å²) in [5.41, 5.74) is 2.67. The molecule has 3 amide bonds. The highest BCUT2D eigenvalue weighted by Gasteiger charge is 2.17. The van der Waals surface area contributed by atoms with Gasteiger partial charge < -0.3 is 15.5 Å². The third-order valence-corrected chi connectivity index (χ3v) is 4.60. The van der Waals surface area contributed by atoms with E-state index >= 15 is 0 Å². The van der Waals surface area contributed by atoms with Gasteiger partial charge in [0.1, 0.15) is 0 Å². The minimum Gasteiger partial charge on any atom is -0.343 e. The molecule has 1 heterocycles. The average Bonchev–Trinajstić information content (AvgIpc) is 3.09. The second-order valence-corrected chi connectivity index (χ2v) is 7.72. The van der Waals surface area contributed by atoms with Crippen molar-refractivity contribution in [1.82, 2.24) is 15.5 Å². The summed E-state index contributed by atoms with van der Waals surface area (Å²) in [6, 6.07) is 8.34. The van der Waals surface area contributed by atoms with E-state index in [0.717, 1.165) is 32.4 Å². The van der Waals surface area contributed by atoms with Crippen molar-refractivity contribution in [3.63, 3.8) is 0 Å². The number of carbonyl (C=O) groups excluding carboxylic acids is 2. The first-order chi connectivity index (χ1) is 11.9. The Morgan fingerprint density at radius 1 is 1.00 bits per heavy atom. The number of urea groups is 1. The van der Waals surface area contributed by atoms with Gasteiger partial charge in [0, 0.05) is 32.6 Å². The minimum absolute atomic E-state index is 0.136. The van der Waals surface area contributed by atoms with Crippen molar-refractivity contribution in [3.8, 4) is 0 Å². The molecule has 5 heteroatoms. The van der Waals surface area contributed by atoms with Crippen molar-refractivity contribution in [2.45, 2.75) is 51.9 Å². The third-order valence-electron chi connectivity index (χ3n) is 4.60. The lowest BCUT2D eigenvalue weighted by Crippen LogP contribution is -2.39. The van der Waals surface area contributed by atoms with Crippen molar-refractivity contribution in [2.75, 3.05) is 26.2 Å². The van der Waals surface area contributed by atoms with Crippen LogP contribution < -0.4 is 10.6 Å². The number of hydrogen-bond acceptors (Lipinski definition) is 2. The number of carbonyl (C=O) groups is 2. The van der Waals surface area contributed by atoms with Crippen LogP contribution in [0.5, 0.6) is 0 Å². The van der Waals surface area contributed by atoms with Crippen LogP contribution in [0.3, 0.4) is 0 Å². The zero-order valence-corrected chi connectivity index (χ0v) is 15.7. The van der Waals surface area contributed by atoms with Crippen molar-refractivity contribution in [1.29, 1.82) is 0 Å². The first kappa shape index (κ1) is 19.3. The largest absolute Gasteiger partial charge is 0.343 e. The van der Waals surface area contributed by atoms with Crippen LogP contribution >= 0.6 is 0 Å². The molecule has 0 unspecified atom stereocenters. The number of rotatable bonds is 6. The van der Waals surface area contributed by atoms with Crippen LogP contribution in [0.4, 0.5) is 4.79 Å². The molecule has 2 N–H and O–H groups in total. The quantitative estimate of drug-likeness (QED) is 0.833. The van der Waals surface area contributed by atoms with Gasteiger partial charge >= 0.3 is 6.03 Å². The highest BCUT2D eigenvalue weighted by Crippen LogP contribution is 2.22. The molecule has 1 aliphatic heterocycles. The summed E-state index contributed by atoms with van der Waals surface area (Å²) in [7, 11) is 0. The van der Waals surface area contributed by atoms with E-state index < -0.39 is 0 Å². The molecule has 2 rings (SSSR count). The third kappa shape index (κ3) is 6.40. The topological polar surface area (TPSA) is 61.4 Å². The molecule has 1 aromatic rings. The number of benzene rings is 1. The van der Waals surface area contributed by atoms with Gasteiger partial charge in [0.2, 0.25) is 5.91 Å². The molecule has 1 aliphatic rings. The van der Waals surface area contributed by atoms with E-state index in [1.165, 1.54) is 11.1 Å². The second-order valence-electron chi connectivity index (χ2n) is 7.72. The molecule has 25 heavy (non-hydrogen) atoms. The van der Waals surface area contributed by atoms with Gasteiger partial charge in [-0.1, -0.05) is 45.0 Å². The van der Waals surface area contributed by atoms with Crippen LogP contribution in [-0.4, -0.2) is 43.0 Å². The SMILES string of the molecule is CC(C)(C)c1ccc(CCNC(=O)NCCC(=O)N2CCCC2)cc1. The van der Waals surface area contributed by atoms with Gasteiger partial charge in [-0.15, -0.1) is 0 Å². The van der Waals surface area contributed by atoms with Crippen molar-refractivity contribution in [2.24, 2.45) is 0 Å². The standard InChI is InChI=1S/C20H31N3O2/c1-20(2,3)17-8-6-16(7-9-17)10-12-21-19(25)22-13-11-18(24)23-14-4-5-15-23/h6-9H,4-5,10-15H2,1-3H3,(H2,21,22,25). The van der Waals surface area contributed by atoms with Crippen LogP contribution in [0, 0.1) is 0 Å². The number of likely N-dealkylation sites (tertiary alicyclic amines) is 1. The van der Waals surface area contributed by atoms with E-state index in [9.17, 15) is 9.59 Å². The van der Waals surface area contributed by atoms with Gasteiger partial charge in [0.15, 0.2) is 0 Å². The second kappa shape index (κ2) is 8.88. The highest BCUT2D eigenvalue weighted by atomic mass is 16.2. The van der Waals surface area contributed by atoms with E-state index in [4.69, 9.17) is 0 Å². The number of nitrogens with one attached hydrogen (secondary N) is 2. The molecule has 1 aromatic carbocycles. The van der Waals surface area contributed by atoms with Crippen molar-refractivity contribution < 1.29 is 9.59 Å². The Kier molecular flexibility index (Phi) is 6.85. The van der Waals surface area contributed by atoms with E-state index in [-0.39, 0.29) is 17.4 Å². The van der Waals surface area contributed by atoms with Gasteiger partial charge in [0.05, 0.1) is 0 Å². The first-order valence-electron chi connectivity index (χ1n) is 9.25. The minimum atomic E-state index is -0.208. The Hall–Kier alpha value is -2.04. The molecule has 138 valence electrons. The molecule has 5 nitrogen and oxygen atoms in total. The zero-order chi connectivity index (χ0) is 18.3. The number of hydrogen-bond donors (Lipinski definition) is 2. The Labute approximate surface area is 151 Å². The maximum atomic E-state index is 11.9. The van der Waals surface area contributed by atoms with Gasteiger partial charge in [-0.2, -0.15) is 0 Å². The van der Waals surface area contributed by atoms with Gasteiger partial charge in [-0.05, 0) is 35.8 Å². The molecular weight excluding hydrogens is 314 g/mol. The van der Waals surface area contributed by atoms with E-state index in [1.54, 1.807) is 0 Å². The van der Waals surface area contributed by atoms with Crippen LogP contribution in [0.2, 0.25) is 0 Å². The summed E-state index contributed by atoms with van der Waals surface area (Å²) >= 11 is 0. The summed E-state index contributed by atoms with van der Waals surface area (Å²) in [4.78, 5) is 25.5. The van der Waals surface area contributed by atoms with Crippen LogP contribution in [0.1, 0.15) is 51.2 Å². The Morgan fingerprint density at radius 2 is 1.60 bits per heavy atom. The maximum absolute atomic E-state index is 11.9. The number of amides is 3. The summed E-state index contributed by atoms with van der Waals surface area (Å²) in [6.45, 7) is 9.29. The lowest BCUT2D eigenvalue weighted by molar-refractivity contribution is -0.129. The molecule has 0 aliphatic carbocycles. The monoisotopic (exact) mass is 345 g/mol. The maximum Gasteiger partial charge on any atom is 0.314 e. The molecule has 1 fully saturated rings. The van der Waals surface area contributed by atoms with E-state index in [2.05, 4.69) is 55.7 Å². The molecule has 0 bridgehead atoms. The lowest BCUT2D eigenvalue weighted by atomic mass is 9.86. The average molecular weight is 345 g/mol. The Balaban J connectivity index is 1.61. The van der Waals surface area contributed by atoms with Gasteiger partial charge in [0.25, 0.3) is 0 Å². The van der Waals surface area contributed by atoms with Crippen LogP contribution in [0.15, 0.2) is 24.3 Å². The fourth-order valence-corrected chi connectivity index (χ4v) is 2.96.